The Morgan fingerprint density at radius 3 is 2.35 bits per heavy atom. The predicted octanol–water partition coefficient (Wildman–Crippen LogP) is 7.55. The Bertz CT molecular complexity index is 1350. The Balaban J connectivity index is 1.52. The van der Waals surface area contributed by atoms with E-state index in [1.165, 1.54) is 0 Å². The van der Waals surface area contributed by atoms with Crippen LogP contribution in [0.4, 0.5) is 4.79 Å². The zero-order valence-corrected chi connectivity index (χ0v) is 22.2. The molecule has 0 aromatic heterocycles. The molecule has 34 heavy (non-hydrogen) atoms. The summed E-state index contributed by atoms with van der Waals surface area (Å²) < 4.78 is 7.31. The number of carbonyl (C=O) groups is 2. The molecule has 0 unspecified atom stereocenters. The van der Waals surface area contributed by atoms with Crippen molar-refractivity contribution < 1.29 is 14.3 Å². The highest BCUT2D eigenvalue weighted by molar-refractivity contribution is 9.11. The van der Waals surface area contributed by atoms with E-state index < -0.39 is 5.91 Å². The van der Waals surface area contributed by atoms with Crippen molar-refractivity contribution in [2.45, 2.75) is 13.2 Å². The number of ether oxygens (including phenoxy) is 1. The van der Waals surface area contributed by atoms with Gasteiger partial charge >= 0.3 is 0 Å². The van der Waals surface area contributed by atoms with Gasteiger partial charge in [0.15, 0.2) is 0 Å². The van der Waals surface area contributed by atoms with Gasteiger partial charge in [0.25, 0.3) is 11.1 Å². The van der Waals surface area contributed by atoms with Crippen molar-refractivity contribution in [3.05, 3.63) is 102 Å². The molecule has 0 N–H and O–H groups in total. The molecule has 5 nitrogen and oxygen atoms in total. The maximum Gasteiger partial charge on any atom is 0.293 e. The quantitative estimate of drug-likeness (QED) is 0.267. The molecule has 9 heteroatoms. The van der Waals surface area contributed by atoms with Gasteiger partial charge in [0.1, 0.15) is 12.4 Å². The Morgan fingerprint density at radius 2 is 1.68 bits per heavy atom. The second-order valence-electron chi connectivity index (χ2n) is 7.23. The van der Waals surface area contributed by atoms with E-state index in [0.29, 0.717) is 47.9 Å². The molecule has 0 bridgehead atoms. The number of imide groups is 1. The number of benzene rings is 3. The average Bonchev–Trinajstić information content (AvgIpc) is 3.07. The number of nitrogens with zero attached hydrogens (tertiary/aromatic N) is 2. The van der Waals surface area contributed by atoms with Crippen LogP contribution in [0.1, 0.15) is 22.3 Å². The molecule has 170 valence electrons. The summed E-state index contributed by atoms with van der Waals surface area (Å²) in [5, 5.41) is 9.53. The maximum absolute atomic E-state index is 12.9. The van der Waals surface area contributed by atoms with Crippen LogP contribution in [0.5, 0.6) is 5.75 Å². The van der Waals surface area contributed by atoms with E-state index >= 15 is 0 Å². The largest absolute Gasteiger partial charge is 0.486 e. The third-order valence-electron chi connectivity index (χ3n) is 4.99. The lowest BCUT2D eigenvalue weighted by molar-refractivity contribution is -0.123. The van der Waals surface area contributed by atoms with Crippen LogP contribution in [0.25, 0.3) is 6.08 Å². The zero-order chi connectivity index (χ0) is 24.2. The number of hydrogen-bond donors (Lipinski definition) is 0. The summed E-state index contributed by atoms with van der Waals surface area (Å²) >= 11 is 14.1. The Labute approximate surface area is 222 Å². The molecule has 1 saturated heterocycles. The summed E-state index contributed by atoms with van der Waals surface area (Å²) in [6.45, 7) is 0.341. The summed E-state index contributed by atoms with van der Waals surface area (Å²) in [6.07, 6.45) is 1.66. The molecule has 1 fully saturated rings. The third kappa shape index (κ3) is 5.39. The van der Waals surface area contributed by atoms with Gasteiger partial charge in [-0.3, -0.25) is 14.5 Å². The van der Waals surface area contributed by atoms with E-state index in [2.05, 4.69) is 37.9 Å². The lowest BCUT2D eigenvalue weighted by atomic mass is 10.1. The fraction of sp³-hybridized carbons (Fsp3) is 0.0800. The van der Waals surface area contributed by atoms with E-state index in [9.17, 15) is 14.9 Å². The number of thioether (sulfide) groups is 1. The van der Waals surface area contributed by atoms with Crippen molar-refractivity contribution >= 4 is 72.4 Å². The van der Waals surface area contributed by atoms with Gasteiger partial charge in [0, 0.05) is 10.6 Å². The minimum Gasteiger partial charge on any atom is -0.486 e. The van der Waals surface area contributed by atoms with Crippen LogP contribution in [-0.2, 0) is 17.9 Å². The molecule has 0 saturated carbocycles. The van der Waals surface area contributed by atoms with Crippen molar-refractivity contribution in [3.8, 4) is 11.8 Å². The number of nitriles is 1. The summed E-state index contributed by atoms with van der Waals surface area (Å²) in [6, 6.07) is 20.1. The first-order valence-corrected chi connectivity index (χ1v) is 12.7. The predicted molar refractivity (Wildman–Crippen MR) is 140 cm³/mol. The molecule has 0 radical (unpaired) electrons. The molecule has 2 amide bonds. The fourth-order valence-corrected chi connectivity index (χ4v) is 5.77. The Kier molecular flexibility index (Phi) is 7.79. The van der Waals surface area contributed by atoms with E-state index in [1.807, 2.05) is 30.3 Å². The van der Waals surface area contributed by atoms with Crippen LogP contribution in [-0.4, -0.2) is 16.0 Å². The molecule has 1 aliphatic heterocycles. The number of halogens is 3. The first kappa shape index (κ1) is 24.6. The van der Waals surface area contributed by atoms with Crippen LogP contribution in [0.2, 0.25) is 5.02 Å². The summed E-state index contributed by atoms with van der Waals surface area (Å²) in [5.41, 5.74) is 2.63. The van der Waals surface area contributed by atoms with Crippen LogP contribution in [0, 0.1) is 11.3 Å². The van der Waals surface area contributed by atoms with E-state index in [-0.39, 0.29) is 11.8 Å². The molecule has 0 spiro atoms. The van der Waals surface area contributed by atoms with Crippen LogP contribution >= 0.6 is 55.2 Å². The first-order chi connectivity index (χ1) is 16.4. The van der Waals surface area contributed by atoms with Crippen molar-refractivity contribution in [3.63, 3.8) is 0 Å². The number of amides is 2. The highest BCUT2D eigenvalue weighted by atomic mass is 79.9. The number of rotatable bonds is 6. The molecule has 4 rings (SSSR count). The van der Waals surface area contributed by atoms with E-state index in [0.717, 1.165) is 22.2 Å². The van der Waals surface area contributed by atoms with Gasteiger partial charge in [0.2, 0.25) is 0 Å². The van der Waals surface area contributed by atoms with Crippen molar-refractivity contribution in [1.29, 1.82) is 5.26 Å². The Morgan fingerprint density at radius 1 is 1.03 bits per heavy atom. The molecule has 3 aromatic carbocycles. The third-order valence-corrected chi connectivity index (χ3v) is 7.44. The van der Waals surface area contributed by atoms with Gasteiger partial charge < -0.3 is 4.74 Å². The lowest BCUT2D eigenvalue weighted by Crippen LogP contribution is -2.27. The van der Waals surface area contributed by atoms with Crippen LogP contribution in [0.15, 0.2) is 74.5 Å². The summed E-state index contributed by atoms with van der Waals surface area (Å²) in [4.78, 5) is 26.9. The second-order valence-corrected chi connectivity index (χ2v) is 10.3. The monoisotopic (exact) mass is 616 g/mol. The van der Waals surface area contributed by atoms with Gasteiger partial charge in [-0.25, -0.2) is 0 Å². The fourth-order valence-electron chi connectivity index (χ4n) is 3.29. The zero-order valence-electron chi connectivity index (χ0n) is 17.4. The van der Waals surface area contributed by atoms with Gasteiger partial charge in [0.05, 0.1) is 32.0 Å². The molecule has 0 aliphatic carbocycles. The molecular weight excluding hydrogens is 604 g/mol. The van der Waals surface area contributed by atoms with Crippen LogP contribution < -0.4 is 4.74 Å². The van der Waals surface area contributed by atoms with Crippen molar-refractivity contribution in [2.24, 2.45) is 0 Å². The van der Waals surface area contributed by atoms with E-state index in [1.54, 1.807) is 36.4 Å². The molecule has 3 aromatic rings. The normalized spacial score (nSPS) is 14.5. The highest BCUT2D eigenvalue weighted by Crippen LogP contribution is 2.38. The first-order valence-electron chi connectivity index (χ1n) is 9.96. The number of carbonyl (C=O) groups excluding carboxylic acids is 2. The minimum atomic E-state index is -0.394. The van der Waals surface area contributed by atoms with Gasteiger partial charge in [-0.05, 0) is 85.1 Å². The molecule has 0 atom stereocenters. The minimum absolute atomic E-state index is 0.0496. The standard InChI is InChI=1S/C25H15Br2ClN2O3S/c26-19-9-15(10-20(27)23(19)33-14-18-7-3-4-8-21(18)28)11-22-24(31)30(25(32)34-22)13-17-6-2-1-5-16(17)12-29/h1-11H,13-14H2/b22-11+. The highest BCUT2D eigenvalue weighted by Gasteiger charge is 2.35. The maximum atomic E-state index is 12.9. The van der Waals surface area contributed by atoms with Crippen molar-refractivity contribution in [2.75, 3.05) is 0 Å². The van der Waals surface area contributed by atoms with Gasteiger partial charge in [-0.15, -0.1) is 0 Å². The average molecular weight is 619 g/mol. The smallest absolute Gasteiger partial charge is 0.293 e. The summed E-state index contributed by atoms with van der Waals surface area (Å²) in [7, 11) is 0. The van der Waals surface area contributed by atoms with Crippen molar-refractivity contribution in [1.82, 2.24) is 4.90 Å². The van der Waals surface area contributed by atoms with Crippen LogP contribution in [0.3, 0.4) is 0 Å². The van der Waals surface area contributed by atoms with E-state index in [4.69, 9.17) is 16.3 Å². The lowest BCUT2D eigenvalue weighted by Gasteiger charge is -2.13. The molecular formula is C25H15Br2ClN2O3S. The summed E-state index contributed by atoms with van der Waals surface area (Å²) in [5.74, 6) is 0.201. The SMILES string of the molecule is N#Cc1ccccc1CN1C(=O)S/C(=C/c2cc(Br)c(OCc3ccccc3Cl)c(Br)c2)C1=O. The topological polar surface area (TPSA) is 70.4 Å². The number of hydrogen-bond acceptors (Lipinski definition) is 5. The molecule has 1 aliphatic rings. The van der Waals surface area contributed by atoms with Gasteiger partial charge in [-0.1, -0.05) is 48.0 Å². The van der Waals surface area contributed by atoms with Gasteiger partial charge in [-0.2, -0.15) is 5.26 Å². The Hall–Kier alpha value is -2.57. The second kappa shape index (κ2) is 10.8. The molecule has 1 heterocycles.